The number of nitrogens with two attached hydrogens (primary N) is 4. The molecule has 1 aliphatic carbocycles. The zero-order chi connectivity index (χ0) is 97.8. The van der Waals surface area contributed by atoms with Crippen LogP contribution in [0.15, 0.2) is 170 Å². The SMILES string of the molecule is COc1ccc(CN2C(=O)c3c(C)cc(-n4ccc5c(N)ncnc54)cc3C23CCN(CC(F)F)CC3)cc1.COc1ccc(CN2C(=O)c3c(C)cc(Br)cc3C23CCN(CC(F)F)CC3)cc1.Cc1cc(-n2ccc3c(N)ncnc32)cc2c1C(=O)NC21CCN(CC(F)F)CC1.Cc1cc(-n2ccc3c(N)ncnc32)cc2c1C(=O)NC21CCN(CC(F)F)CC1.Nc1ncnc2c1C=CC2. The second-order valence-corrected chi connectivity index (χ2v) is 37.8. The molecule has 9 aliphatic rings. The first-order chi connectivity index (χ1) is 66.8. The topological polar surface area (TPSA) is 352 Å². The van der Waals surface area contributed by atoms with E-state index in [1.54, 1.807) is 33.8 Å². The summed E-state index contributed by atoms with van der Waals surface area (Å²) in [5.74, 6) is 3.12. The Kier molecular flexibility index (Phi) is 26.9. The molecule has 0 bridgehead atoms. The van der Waals surface area contributed by atoms with E-state index in [0.717, 1.165) is 128 Å². The Bertz CT molecular complexity index is 6700. The largest absolute Gasteiger partial charge is 0.497 e. The van der Waals surface area contributed by atoms with Crippen LogP contribution in [0.3, 0.4) is 0 Å². The molecule has 15 heterocycles. The van der Waals surface area contributed by atoms with Gasteiger partial charge in [-0.1, -0.05) is 52.3 Å². The van der Waals surface area contributed by atoms with Gasteiger partial charge >= 0.3 is 0 Å². The number of carbonyl (C=O) groups is 4. The maximum Gasteiger partial charge on any atom is 0.255 e. The van der Waals surface area contributed by atoms with Gasteiger partial charge in [0.25, 0.3) is 49.3 Å². The number of nitrogens with zero attached hydrogens (tertiary/aromatic N) is 17. The Morgan fingerprint density at radius 3 is 1.07 bits per heavy atom. The van der Waals surface area contributed by atoms with Gasteiger partial charge in [0.2, 0.25) is 0 Å². The first-order valence-corrected chi connectivity index (χ1v) is 46.9. The Labute approximate surface area is 804 Å². The molecule has 38 heteroatoms. The maximum absolute atomic E-state index is 14.1. The summed E-state index contributed by atoms with van der Waals surface area (Å²) in [4.78, 5) is 97.5. The van der Waals surface area contributed by atoms with E-state index >= 15 is 0 Å². The molecule has 4 amide bonds. The summed E-state index contributed by atoms with van der Waals surface area (Å²) in [6.45, 7) is 11.8. The van der Waals surface area contributed by atoms with Crippen molar-refractivity contribution in [1.82, 2.24) is 93.6 Å². The molecule has 29 nitrogen and oxygen atoms in total. The molecule has 4 spiro atoms. The van der Waals surface area contributed by atoms with E-state index in [9.17, 15) is 54.3 Å². The minimum atomic E-state index is -2.39. The molecule has 0 unspecified atom stereocenters. The number of alkyl halides is 8. The zero-order valence-corrected chi connectivity index (χ0v) is 79.1. The van der Waals surface area contributed by atoms with Gasteiger partial charge in [0.15, 0.2) is 0 Å². The fourth-order valence-electron chi connectivity index (χ4n) is 21.8. The number of benzene rings is 6. The molecule has 4 fully saturated rings. The summed E-state index contributed by atoms with van der Waals surface area (Å²) in [5, 5.41) is 8.60. The number of piperidine rings is 4. The zero-order valence-electron chi connectivity index (χ0n) is 77.5. The standard InChI is InChI=1S/C29H30F2N6O2.C23H25BrF2N2O2.2C21H22F2N6O.C7H7N3/c1-18-13-20(36-10-7-22-26(32)33-17-34-27(22)36)14-23-25(18)28(38)37(15-19-3-5-21(39-2)6-4-19)29(23)8-11-35(12-9-29)16-24(30)31;1-15-11-17(24)12-19-21(15)22(29)28(13-16-3-5-18(30-2)6-4-16)23(19)7-9-27(10-8-23)14-20(25)26;2*1-12-8-13(29-5-2-14-18(24)25-11-26-19(14)29)9-15-17(12)20(30)27-21(15)3-6-28(7-4-21)10-16(22)23;8-7-5-2-1-3-6(5)9-4-10-7/h3-7,10,13-14,17,24H,8-9,11-12,15-16H2,1-2H3,(H2,32,33,34);3-6,11-12,20H,7-10,13-14H2,1-2H3;2*2,5,8-9,11,16H,3-4,6-7,10H2,1H3,(H,27,30)(H2,24,25,26);1-2,4H,3H2,(H2,8,9,10). The molecule has 13 aromatic rings. The van der Waals surface area contributed by atoms with Crippen molar-refractivity contribution < 1.29 is 63.8 Å². The predicted octanol–water partition coefficient (Wildman–Crippen LogP) is 15.4. The number of hydrogen-bond acceptors (Lipinski definition) is 22. The lowest BCUT2D eigenvalue weighted by molar-refractivity contribution is 0.00776. The van der Waals surface area contributed by atoms with E-state index in [-0.39, 0.29) is 49.8 Å². The first-order valence-electron chi connectivity index (χ1n) is 46.1. The van der Waals surface area contributed by atoms with Gasteiger partial charge < -0.3 is 66.5 Å². The van der Waals surface area contributed by atoms with Crippen LogP contribution in [0.1, 0.15) is 160 Å². The number of likely N-dealkylation sites (tertiary alicyclic amines) is 4. The van der Waals surface area contributed by atoms with Crippen LogP contribution in [-0.2, 0) is 41.7 Å². The number of amides is 4. The Morgan fingerprint density at radius 1 is 0.396 bits per heavy atom. The van der Waals surface area contributed by atoms with Crippen molar-refractivity contribution in [2.24, 2.45) is 0 Å². The third-order valence-corrected chi connectivity index (χ3v) is 29.2. The normalized spacial score (nSPS) is 17.6. The molecule has 139 heavy (non-hydrogen) atoms. The lowest BCUT2D eigenvalue weighted by Crippen LogP contribution is -2.51. The molecule has 6 aromatic carbocycles. The lowest BCUT2D eigenvalue weighted by atomic mass is 9.79. The number of hydrogen-bond donors (Lipinski definition) is 6. The number of allylic oxidation sites excluding steroid dienone is 1. The molecule has 8 aliphatic heterocycles. The maximum atomic E-state index is 14.1. The van der Waals surface area contributed by atoms with Gasteiger partial charge in [0, 0.05) is 140 Å². The molecule has 0 radical (unpaired) electrons. The molecule has 7 aromatic heterocycles. The predicted molar refractivity (Wildman–Crippen MR) is 516 cm³/mol. The molecule has 4 saturated heterocycles. The molecular weight excluding hydrogens is 1860 g/mol. The highest BCUT2D eigenvalue weighted by molar-refractivity contribution is 9.10. The van der Waals surface area contributed by atoms with Crippen LogP contribution in [-0.4, -0.2) is 225 Å². The van der Waals surface area contributed by atoms with Gasteiger partial charge in [0.1, 0.15) is 77.0 Å². The van der Waals surface area contributed by atoms with E-state index in [0.29, 0.717) is 174 Å². The second-order valence-electron chi connectivity index (χ2n) is 36.9. The number of nitrogen functional groups attached to an aromatic ring is 4. The number of anilines is 4. The van der Waals surface area contributed by atoms with Crippen LogP contribution in [0, 0.1) is 27.7 Å². The van der Waals surface area contributed by atoms with Crippen molar-refractivity contribution in [2.75, 3.05) is 116 Å². The smallest absolute Gasteiger partial charge is 0.255 e. The van der Waals surface area contributed by atoms with Crippen LogP contribution < -0.4 is 43.0 Å². The number of aryl methyl sites for hydroxylation is 4. The summed E-state index contributed by atoms with van der Waals surface area (Å²) in [5.41, 5.74) is 40.4. The van der Waals surface area contributed by atoms with E-state index in [1.807, 2.05) is 191 Å². The van der Waals surface area contributed by atoms with Gasteiger partial charge in [-0.25, -0.2) is 75.0 Å². The van der Waals surface area contributed by atoms with Gasteiger partial charge in [-0.15, -0.1) is 0 Å². The average molecular weight is 1970 g/mol. The summed E-state index contributed by atoms with van der Waals surface area (Å²) in [7, 11) is 3.24. The van der Waals surface area contributed by atoms with E-state index in [1.165, 1.54) is 25.3 Å². The fourth-order valence-corrected chi connectivity index (χ4v) is 22.3. The average Bonchev–Trinajstić information content (AvgIpc) is 1.58. The van der Waals surface area contributed by atoms with Gasteiger partial charge in [-0.2, -0.15) is 0 Å². The molecular formula is C101H106BrF8N23O6. The van der Waals surface area contributed by atoms with Crippen LogP contribution in [0.4, 0.5) is 58.4 Å². The molecule has 10 N–H and O–H groups in total. The van der Waals surface area contributed by atoms with Crippen molar-refractivity contribution in [1.29, 1.82) is 0 Å². The van der Waals surface area contributed by atoms with Crippen molar-refractivity contribution in [3.63, 3.8) is 0 Å². The monoisotopic (exact) mass is 1970 g/mol. The van der Waals surface area contributed by atoms with Crippen LogP contribution >= 0.6 is 15.9 Å². The fraction of sp³-hybridized carbons (Fsp3) is 0.366. The minimum Gasteiger partial charge on any atom is -0.497 e. The molecule has 22 rings (SSSR count). The highest BCUT2D eigenvalue weighted by Gasteiger charge is 2.55. The molecule has 0 atom stereocenters. The summed E-state index contributed by atoms with van der Waals surface area (Å²) >= 11 is 3.58. The van der Waals surface area contributed by atoms with Crippen molar-refractivity contribution in [3.05, 3.63) is 259 Å². The van der Waals surface area contributed by atoms with Gasteiger partial charge in [0.05, 0.1) is 84.4 Å². The highest BCUT2D eigenvalue weighted by atomic mass is 79.9. The third-order valence-electron chi connectivity index (χ3n) is 28.7. The number of carbonyl (C=O) groups excluding carboxylic acids is 4. The number of fused-ring (bicyclic) bond motifs is 12. The minimum absolute atomic E-state index is 0.0214. The number of methoxy groups -OCH3 is 2. The van der Waals surface area contributed by atoms with Crippen molar-refractivity contribution >= 4 is 102 Å². The Balaban J connectivity index is 0.000000119. The first kappa shape index (κ1) is 95.7. The quantitative estimate of drug-likeness (QED) is 0.0461. The van der Waals surface area contributed by atoms with Crippen LogP contribution in [0.5, 0.6) is 11.5 Å². The summed E-state index contributed by atoms with van der Waals surface area (Å²) in [6, 6.07) is 37.0. The van der Waals surface area contributed by atoms with E-state index in [2.05, 4.69) is 72.5 Å². The van der Waals surface area contributed by atoms with Crippen molar-refractivity contribution in [2.45, 2.75) is 146 Å². The summed E-state index contributed by atoms with van der Waals surface area (Å²) in [6.07, 6.45) is 11.8. The number of ether oxygens (including phenoxy) is 2. The van der Waals surface area contributed by atoms with E-state index in [4.69, 9.17) is 32.4 Å². The number of halogens is 9. The lowest BCUT2D eigenvalue weighted by Gasteiger charge is -2.45. The summed E-state index contributed by atoms with van der Waals surface area (Å²) < 4.78 is 121. The third kappa shape index (κ3) is 18.5. The Hall–Kier alpha value is -13.6. The molecule has 724 valence electrons. The van der Waals surface area contributed by atoms with E-state index < -0.39 is 47.9 Å². The van der Waals surface area contributed by atoms with Gasteiger partial charge in [-0.05, 0) is 226 Å². The molecule has 0 saturated carbocycles. The van der Waals surface area contributed by atoms with Crippen molar-refractivity contribution in [3.8, 4) is 28.6 Å². The van der Waals surface area contributed by atoms with Crippen LogP contribution in [0.2, 0.25) is 0 Å². The number of aromatic nitrogens is 11. The number of rotatable bonds is 17. The second kappa shape index (κ2) is 39.0. The number of nitrogens with one attached hydrogen (secondary N) is 2. The highest BCUT2D eigenvalue weighted by Crippen LogP contribution is 2.53. The van der Waals surface area contributed by atoms with Crippen LogP contribution in [0.25, 0.3) is 56.2 Å². The van der Waals surface area contributed by atoms with Gasteiger partial charge in [-0.3, -0.25) is 38.8 Å². The Morgan fingerprint density at radius 2 is 0.719 bits per heavy atom.